The number of benzene rings is 1. The molecule has 0 aromatic heterocycles. The number of amides is 1. The van der Waals surface area contributed by atoms with Crippen molar-refractivity contribution in [3.8, 4) is 0 Å². The Morgan fingerprint density at radius 2 is 2.00 bits per heavy atom. The van der Waals surface area contributed by atoms with Gasteiger partial charge in [0.05, 0.1) is 18.1 Å². The van der Waals surface area contributed by atoms with Crippen LogP contribution in [-0.2, 0) is 10.2 Å². The van der Waals surface area contributed by atoms with Crippen LogP contribution in [-0.4, -0.2) is 35.1 Å². The highest BCUT2D eigenvalue weighted by Crippen LogP contribution is 2.46. The first-order chi connectivity index (χ1) is 9.28. The van der Waals surface area contributed by atoms with Gasteiger partial charge in [-0.25, -0.2) is 0 Å². The Kier molecular flexibility index (Phi) is 3.31. The fourth-order valence-corrected chi connectivity index (χ4v) is 3.48. The third-order valence-electron chi connectivity index (χ3n) is 4.79. The molecule has 1 atom stereocenters. The van der Waals surface area contributed by atoms with E-state index in [0.717, 1.165) is 44.2 Å². The van der Waals surface area contributed by atoms with Gasteiger partial charge in [-0.3, -0.25) is 4.79 Å². The summed E-state index contributed by atoms with van der Waals surface area (Å²) in [5, 5.41) is 9.42. The predicted molar refractivity (Wildman–Crippen MR) is 73.8 cm³/mol. The fraction of sp³-hybridized carbons (Fsp3) is 0.562. The largest absolute Gasteiger partial charge is 0.394 e. The molecule has 1 unspecified atom stereocenters. The third kappa shape index (κ3) is 1.96. The molecule has 1 aromatic rings. The Balaban J connectivity index is 1.88. The number of nitrogens with zero attached hydrogens (tertiary/aromatic N) is 1. The van der Waals surface area contributed by atoms with Crippen LogP contribution in [0.2, 0.25) is 0 Å². The Morgan fingerprint density at radius 1 is 1.26 bits per heavy atom. The van der Waals surface area contributed by atoms with E-state index in [-0.39, 0.29) is 24.0 Å². The van der Waals surface area contributed by atoms with E-state index in [1.165, 1.54) is 0 Å². The Morgan fingerprint density at radius 3 is 2.58 bits per heavy atom. The molecule has 2 aliphatic rings. The number of carbonyl (C=O) groups is 1. The Labute approximate surface area is 114 Å². The Hall–Kier alpha value is -1.35. The van der Waals surface area contributed by atoms with Gasteiger partial charge in [-0.2, -0.15) is 0 Å². The molecule has 1 aromatic carbocycles. The maximum atomic E-state index is 12.9. The van der Waals surface area contributed by atoms with Crippen molar-refractivity contribution in [3.63, 3.8) is 0 Å². The van der Waals surface area contributed by atoms with Gasteiger partial charge in [0.1, 0.15) is 0 Å². The van der Waals surface area contributed by atoms with Crippen LogP contribution in [0.15, 0.2) is 30.3 Å². The van der Waals surface area contributed by atoms with Crippen molar-refractivity contribution in [2.24, 2.45) is 0 Å². The summed E-state index contributed by atoms with van der Waals surface area (Å²) in [5.74, 6) is 0.238. The van der Waals surface area contributed by atoms with Crippen LogP contribution in [0.25, 0.3) is 0 Å². The van der Waals surface area contributed by atoms with Crippen LogP contribution in [0.5, 0.6) is 0 Å². The van der Waals surface area contributed by atoms with Gasteiger partial charge in [0.2, 0.25) is 5.91 Å². The van der Waals surface area contributed by atoms with E-state index >= 15 is 0 Å². The lowest BCUT2D eigenvalue weighted by Gasteiger charge is -2.44. The van der Waals surface area contributed by atoms with E-state index in [9.17, 15) is 9.90 Å². The van der Waals surface area contributed by atoms with E-state index in [0.29, 0.717) is 0 Å². The smallest absolute Gasteiger partial charge is 0.233 e. The molecular weight excluding hydrogens is 238 g/mol. The minimum atomic E-state index is -0.307. The summed E-state index contributed by atoms with van der Waals surface area (Å²) in [6.45, 7) is 0.898. The number of rotatable bonds is 3. The van der Waals surface area contributed by atoms with Gasteiger partial charge in [-0.1, -0.05) is 36.8 Å². The van der Waals surface area contributed by atoms with Crippen LogP contribution in [0.3, 0.4) is 0 Å². The van der Waals surface area contributed by atoms with E-state index in [2.05, 4.69) is 12.1 Å². The second-order valence-electron chi connectivity index (χ2n) is 5.78. The highest BCUT2D eigenvalue weighted by atomic mass is 16.3. The third-order valence-corrected chi connectivity index (χ3v) is 4.79. The molecule has 102 valence electrons. The molecule has 1 aliphatic heterocycles. The van der Waals surface area contributed by atoms with Crippen LogP contribution < -0.4 is 0 Å². The quantitative estimate of drug-likeness (QED) is 0.903. The first-order valence-electron chi connectivity index (χ1n) is 7.25. The number of carbonyl (C=O) groups excluding carboxylic acids is 1. The molecule has 3 rings (SSSR count). The van der Waals surface area contributed by atoms with Crippen LogP contribution >= 0.6 is 0 Å². The van der Waals surface area contributed by atoms with Gasteiger partial charge < -0.3 is 10.0 Å². The van der Waals surface area contributed by atoms with Crippen molar-refractivity contribution in [2.75, 3.05) is 13.2 Å². The normalized spacial score (nSPS) is 25.1. The summed E-state index contributed by atoms with van der Waals surface area (Å²) in [6, 6.07) is 10.2. The molecule has 0 bridgehead atoms. The first kappa shape index (κ1) is 12.7. The zero-order chi connectivity index (χ0) is 13.3. The van der Waals surface area contributed by atoms with Gasteiger partial charge in [-0.15, -0.1) is 0 Å². The monoisotopic (exact) mass is 259 g/mol. The highest BCUT2D eigenvalue weighted by Gasteiger charge is 2.49. The summed E-state index contributed by atoms with van der Waals surface area (Å²) in [7, 11) is 0. The second-order valence-corrected chi connectivity index (χ2v) is 5.78. The molecule has 2 fully saturated rings. The number of aliphatic hydroxyl groups is 1. The first-order valence-corrected chi connectivity index (χ1v) is 7.25. The molecule has 0 radical (unpaired) electrons. The summed E-state index contributed by atoms with van der Waals surface area (Å²) in [5.41, 5.74) is 0.841. The standard InChI is InChI=1S/C16H21NO2/c18-12-14-8-4-11-17(14)15(19)16(9-5-10-16)13-6-2-1-3-7-13/h1-3,6-7,14,18H,4-5,8-12H2. The number of hydrogen-bond donors (Lipinski definition) is 1. The van der Waals surface area contributed by atoms with E-state index in [1.807, 2.05) is 23.1 Å². The SMILES string of the molecule is O=C(N1CCCC1CO)C1(c2ccccc2)CCC1. The Bertz CT molecular complexity index is 453. The molecule has 3 heteroatoms. The molecule has 1 amide bonds. The number of hydrogen-bond acceptors (Lipinski definition) is 2. The summed E-state index contributed by atoms with van der Waals surface area (Å²) >= 11 is 0. The van der Waals surface area contributed by atoms with Crippen molar-refractivity contribution >= 4 is 5.91 Å². The lowest BCUT2D eigenvalue weighted by molar-refractivity contribution is -0.142. The van der Waals surface area contributed by atoms with Crippen molar-refractivity contribution in [3.05, 3.63) is 35.9 Å². The maximum absolute atomic E-state index is 12.9. The van der Waals surface area contributed by atoms with Crippen molar-refractivity contribution in [1.29, 1.82) is 0 Å². The van der Waals surface area contributed by atoms with Crippen molar-refractivity contribution in [2.45, 2.75) is 43.6 Å². The number of likely N-dealkylation sites (tertiary alicyclic amines) is 1. The maximum Gasteiger partial charge on any atom is 0.233 e. The number of aliphatic hydroxyl groups excluding tert-OH is 1. The molecule has 1 heterocycles. The average Bonchev–Trinajstić information content (AvgIpc) is 2.87. The minimum absolute atomic E-state index is 0.0358. The molecule has 1 saturated carbocycles. The molecule has 1 N–H and O–H groups in total. The van der Waals surface area contributed by atoms with Crippen LogP contribution in [0.1, 0.15) is 37.7 Å². The predicted octanol–water partition coefficient (Wildman–Crippen LogP) is 2.09. The minimum Gasteiger partial charge on any atom is -0.394 e. The summed E-state index contributed by atoms with van der Waals surface area (Å²) in [6.07, 6.45) is 4.97. The average molecular weight is 259 g/mol. The molecule has 3 nitrogen and oxygen atoms in total. The van der Waals surface area contributed by atoms with Gasteiger partial charge in [-0.05, 0) is 31.2 Å². The zero-order valence-electron chi connectivity index (χ0n) is 11.2. The van der Waals surface area contributed by atoms with E-state index in [1.54, 1.807) is 0 Å². The van der Waals surface area contributed by atoms with Crippen LogP contribution in [0.4, 0.5) is 0 Å². The van der Waals surface area contributed by atoms with Gasteiger partial charge in [0.15, 0.2) is 0 Å². The van der Waals surface area contributed by atoms with E-state index < -0.39 is 0 Å². The lowest BCUT2D eigenvalue weighted by atomic mass is 9.63. The molecule has 0 spiro atoms. The van der Waals surface area contributed by atoms with Gasteiger partial charge >= 0.3 is 0 Å². The second kappa shape index (κ2) is 4.97. The molecule has 1 aliphatic carbocycles. The molecule has 1 saturated heterocycles. The fourth-order valence-electron chi connectivity index (χ4n) is 3.48. The molecule has 19 heavy (non-hydrogen) atoms. The van der Waals surface area contributed by atoms with Crippen molar-refractivity contribution < 1.29 is 9.90 Å². The lowest BCUT2D eigenvalue weighted by Crippen LogP contribution is -2.53. The summed E-state index contributed by atoms with van der Waals surface area (Å²) in [4.78, 5) is 14.9. The summed E-state index contributed by atoms with van der Waals surface area (Å²) < 4.78 is 0. The molecular formula is C16H21NO2. The van der Waals surface area contributed by atoms with E-state index in [4.69, 9.17) is 0 Å². The topological polar surface area (TPSA) is 40.5 Å². The van der Waals surface area contributed by atoms with Gasteiger partial charge in [0, 0.05) is 6.54 Å². The highest BCUT2D eigenvalue weighted by molar-refractivity contribution is 5.89. The van der Waals surface area contributed by atoms with Crippen LogP contribution in [0, 0.1) is 0 Å². The van der Waals surface area contributed by atoms with Gasteiger partial charge in [0.25, 0.3) is 0 Å². The zero-order valence-corrected chi connectivity index (χ0v) is 11.2. The van der Waals surface area contributed by atoms with Crippen molar-refractivity contribution in [1.82, 2.24) is 4.90 Å².